The molecule has 0 fully saturated rings. The fourth-order valence-corrected chi connectivity index (χ4v) is 3.52. The Morgan fingerprint density at radius 1 is 1.31 bits per heavy atom. The number of carbonyl (C=O) groups excluding carboxylic acids is 1. The molecule has 0 atom stereocenters. The number of carbonyl (C=O) groups is 1. The molecule has 0 aliphatic heterocycles. The molecule has 0 saturated carbocycles. The van der Waals surface area contributed by atoms with E-state index in [9.17, 15) is 9.90 Å². The highest BCUT2D eigenvalue weighted by atomic mass is 79.9. The third-order valence-corrected chi connectivity index (χ3v) is 5.22. The second kappa shape index (κ2) is 8.11. The van der Waals surface area contributed by atoms with Crippen LogP contribution >= 0.6 is 39.3 Å². The maximum Gasteiger partial charge on any atom is 0.234 e. The van der Waals surface area contributed by atoms with E-state index in [1.54, 1.807) is 54.1 Å². The van der Waals surface area contributed by atoms with Crippen LogP contribution in [-0.2, 0) is 11.8 Å². The topological polar surface area (TPSA) is 80.0 Å². The molecule has 2 aromatic carbocycles. The summed E-state index contributed by atoms with van der Waals surface area (Å²) in [7, 11) is 1.78. The van der Waals surface area contributed by atoms with E-state index >= 15 is 0 Å². The number of aromatic hydroxyl groups is 1. The maximum absolute atomic E-state index is 12.1. The fraction of sp³-hybridized carbons (Fsp3) is 0.118. The summed E-state index contributed by atoms with van der Waals surface area (Å²) in [5, 5.41) is 22.2. The van der Waals surface area contributed by atoms with E-state index in [2.05, 4.69) is 31.4 Å². The van der Waals surface area contributed by atoms with Crippen molar-refractivity contribution < 1.29 is 9.90 Å². The smallest absolute Gasteiger partial charge is 0.234 e. The van der Waals surface area contributed by atoms with E-state index in [4.69, 9.17) is 11.6 Å². The van der Waals surface area contributed by atoms with Crippen molar-refractivity contribution in [3.05, 3.63) is 52.0 Å². The van der Waals surface area contributed by atoms with Crippen LogP contribution < -0.4 is 5.32 Å². The molecular weight excluding hydrogens is 440 g/mol. The quantitative estimate of drug-likeness (QED) is 0.562. The van der Waals surface area contributed by atoms with Crippen LogP contribution in [0.1, 0.15) is 0 Å². The summed E-state index contributed by atoms with van der Waals surface area (Å²) >= 11 is 10.5. The summed E-state index contributed by atoms with van der Waals surface area (Å²) in [6, 6.07) is 12.0. The van der Waals surface area contributed by atoms with E-state index in [1.807, 2.05) is 0 Å². The first-order valence-corrected chi connectivity index (χ1v) is 9.66. The first kappa shape index (κ1) is 18.8. The molecule has 0 unspecified atom stereocenters. The minimum absolute atomic E-state index is 0.110. The van der Waals surface area contributed by atoms with Crippen LogP contribution in [0.2, 0.25) is 5.02 Å². The first-order chi connectivity index (χ1) is 12.4. The van der Waals surface area contributed by atoms with Gasteiger partial charge in [0.05, 0.1) is 11.3 Å². The van der Waals surface area contributed by atoms with Crippen molar-refractivity contribution in [3.63, 3.8) is 0 Å². The average molecular weight is 454 g/mol. The molecule has 3 rings (SSSR count). The molecular formula is C17H14BrClN4O2S. The Hall–Kier alpha value is -2.03. The third-order valence-electron chi connectivity index (χ3n) is 3.48. The lowest BCUT2D eigenvalue weighted by Crippen LogP contribution is -2.14. The van der Waals surface area contributed by atoms with Crippen molar-refractivity contribution in [2.75, 3.05) is 11.1 Å². The minimum atomic E-state index is -0.174. The number of benzene rings is 2. The average Bonchev–Trinajstić information content (AvgIpc) is 2.96. The van der Waals surface area contributed by atoms with Crippen molar-refractivity contribution in [1.82, 2.24) is 14.8 Å². The van der Waals surface area contributed by atoms with Gasteiger partial charge in [0.1, 0.15) is 5.75 Å². The van der Waals surface area contributed by atoms with Gasteiger partial charge in [0.15, 0.2) is 11.0 Å². The molecule has 0 saturated heterocycles. The summed E-state index contributed by atoms with van der Waals surface area (Å²) in [5.74, 6) is 0.621. The molecule has 1 amide bonds. The predicted molar refractivity (Wildman–Crippen MR) is 107 cm³/mol. The van der Waals surface area contributed by atoms with Crippen LogP contribution in [0.4, 0.5) is 5.69 Å². The van der Waals surface area contributed by atoms with Crippen LogP contribution in [-0.4, -0.2) is 31.5 Å². The molecule has 3 aromatic rings. The molecule has 6 nitrogen and oxygen atoms in total. The van der Waals surface area contributed by atoms with Crippen molar-refractivity contribution in [2.45, 2.75) is 5.16 Å². The Balaban J connectivity index is 1.69. The molecule has 0 radical (unpaired) electrons. The Morgan fingerprint density at radius 3 is 2.88 bits per heavy atom. The van der Waals surface area contributed by atoms with Crippen LogP contribution in [0.15, 0.2) is 52.1 Å². The normalized spacial score (nSPS) is 10.7. The molecule has 9 heteroatoms. The maximum atomic E-state index is 12.1. The second-order valence-corrected chi connectivity index (χ2v) is 7.67. The predicted octanol–water partition coefficient (Wildman–Crippen LogP) is 4.33. The third kappa shape index (κ3) is 4.38. The minimum Gasteiger partial charge on any atom is -0.507 e. The number of hydrogen-bond donors (Lipinski definition) is 2. The summed E-state index contributed by atoms with van der Waals surface area (Å²) in [6.07, 6.45) is 0. The Morgan fingerprint density at radius 2 is 2.12 bits per heavy atom. The number of nitrogens with zero attached hydrogens (tertiary/aromatic N) is 3. The van der Waals surface area contributed by atoms with E-state index < -0.39 is 0 Å². The number of halogens is 2. The van der Waals surface area contributed by atoms with Crippen LogP contribution in [0.5, 0.6) is 5.75 Å². The number of anilines is 1. The van der Waals surface area contributed by atoms with Crippen molar-refractivity contribution in [2.24, 2.45) is 7.05 Å². The first-order valence-electron chi connectivity index (χ1n) is 7.50. The molecule has 26 heavy (non-hydrogen) atoms. The lowest BCUT2D eigenvalue weighted by Gasteiger charge is -2.07. The van der Waals surface area contributed by atoms with Crippen LogP contribution in [0.25, 0.3) is 11.4 Å². The Bertz CT molecular complexity index is 964. The largest absolute Gasteiger partial charge is 0.507 e. The molecule has 1 aromatic heterocycles. The highest BCUT2D eigenvalue weighted by Gasteiger charge is 2.16. The zero-order valence-corrected chi connectivity index (χ0v) is 16.8. The van der Waals surface area contributed by atoms with Crippen LogP contribution in [0, 0.1) is 0 Å². The monoisotopic (exact) mass is 452 g/mol. The molecule has 134 valence electrons. The summed E-state index contributed by atoms with van der Waals surface area (Å²) < 4.78 is 2.56. The number of nitrogens with one attached hydrogen (secondary N) is 1. The molecule has 0 aliphatic carbocycles. The number of aromatic nitrogens is 3. The van der Waals surface area contributed by atoms with Gasteiger partial charge in [0.25, 0.3) is 0 Å². The number of phenols is 1. The molecule has 0 bridgehead atoms. The summed E-state index contributed by atoms with van der Waals surface area (Å²) in [5.41, 5.74) is 1.20. The Kier molecular flexibility index (Phi) is 5.85. The standard InChI is InChI=1S/C17H14BrClN4O2S/c1-23-16(13-7-10(18)5-6-14(13)24)21-22-17(23)26-9-15(25)20-12-4-2-3-11(19)8-12/h2-8,24H,9H2,1H3,(H,20,25). The van der Waals surface area contributed by atoms with Gasteiger partial charge in [-0.2, -0.15) is 0 Å². The fourth-order valence-electron chi connectivity index (χ4n) is 2.26. The van der Waals surface area contributed by atoms with E-state index in [0.717, 1.165) is 4.47 Å². The lowest BCUT2D eigenvalue weighted by atomic mass is 10.2. The highest BCUT2D eigenvalue weighted by Crippen LogP contribution is 2.32. The van der Waals surface area contributed by atoms with E-state index in [-0.39, 0.29) is 17.4 Å². The van der Waals surface area contributed by atoms with E-state index in [1.165, 1.54) is 11.8 Å². The molecule has 0 spiro atoms. The molecule has 0 aliphatic rings. The second-order valence-electron chi connectivity index (χ2n) is 5.37. The van der Waals surface area contributed by atoms with E-state index in [0.29, 0.717) is 27.3 Å². The van der Waals surface area contributed by atoms with Gasteiger partial charge < -0.3 is 15.0 Å². The Labute approximate surface area is 167 Å². The van der Waals surface area contributed by atoms with Crippen molar-refractivity contribution >= 4 is 50.9 Å². The number of thioether (sulfide) groups is 1. The zero-order valence-electron chi connectivity index (χ0n) is 13.6. The van der Waals surface area contributed by atoms with Gasteiger partial charge in [-0.3, -0.25) is 4.79 Å². The van der Waals surface area contributed by atoms with Gasteiger partial charge in [0, 0.05) is 22.2 Å². The van der Waals surface area contributed by atoms with Crippen molar-refractivity contribution in [1.29, 1.82) is 0 Å². The van der Waals surface area contributed by atoms with Crippen LogP contribution in [0.3, 0.4) is 0 Å². The van der Waals surface area contributed by atoms with Gasteiger partial charge in [-0.1, -0.05) is 45.4 Å². The SMILES string of the molecule is Cn1c(SCC(=O)Nc2cccc(Cl)c2)nnc1-c1cc(Br)ccc1O. The van der Waals surface area contributed by atoms with Gasteiger partial charge in [-0.15, -0.1) is 10.2 Å². The lowest BCUT2D eigenvalue weighted by molar-refractivity contribution is -0.113. The number of rotatable bonds is 5. The summed E-state index contributed by atoms with van der Waals surface area (Å²) in [6.45, 7) is 0. The van der Waals surface area contributed by atoms with Gasteiger partial charge in [-0.05, 0) is 36.4 Å². The van der Waals surface area contributed by atoms with Gasteiger partial charge in [0.2, 0.25) is 5.91 Å². The number of hydrogen-bond acceptors (Lipinski definition) is 5. The number of amides is 1. The van der Waals surface area contributed by atoms with Crippen molar-refractivity contribution in [3.8, 4) is 17.1 Å². The molecule has 1 heterocycles. The highest BCUT2D eigenvalue weighted by molar-refractivity contribution is 9.10. The molecule has 2 N–H and O–H groups in total. The van der Waals surface area contributed by atoms with Gasteiger partial charge in [-0.25, -0.2) is 0 Å². The summed E-state index contributed by atoms with van der Waals surface area (Å²) in [4.78, 5) is 12.1. The van der Waals surface area contributed by atoms with Gasteiger partial charge >= 0.3 is 0 Å². The number of phenolic OH excluding ortho intramolecular Hbond substituents is 1. The zero-order chi connectivity index (χ0) is 18.7.